The third-order valence-corrected chi connectivity index (χ3v) is 2.99. The number of rotatable bonds is 11. The highest BCUT2D eigenvalue weighted by Gasteiger charge is 1.97. The lowest BCUT2D eigenvalue weighted by atomic mass is 10.0. The summed E-state index contributed by atoms with van der Waals surface area (Å²) in [6.07, 6.45) is 11.8. The Morgan fingerprint density at radius 1 is 0.562 bits per heavy atom. The summed E-state index contributed by atoms with van der Waals surface area (Å²) in [5.74, 6) is 0. The van der Waals surface area contributed by atoms with Crippen molar-refractivity contribution in [2.75, 3.05) is 0 Å². The number of aliphatic hydroxyl groups is 2. The maximum atomic E-state index is 9.08. The number of unbranched alkanes of at least 4 members (excludes halogenated alkanes) is 7. The van der Waals surface area contributed by atoms with Crippen LogP contribution < -0.4 is 0 Å². The SMILES string of the molecule is CC(O)CCCCCCCCCCC(C)O. The van der Waals surface area contributed by atoms with Crippen molar-refractivity contribution in [3.8, 4) is 0 Å². The second-order valence-corrected chi connectivity index (χ2v) is 5.10. The van der Waals surface area contributed by atoms with Gasteiger partial charge in [-0.05, 0) is 26.7 Å². The van der Waals surface area contributed by atoms with Crippen LogP contribution in [0, 0.1) is 0 Å². The zero-order valence-corrected chi connectivity index (χ0v) is 11.1. The van der Waals surface area contributed by atoms with E-state index in [0.717, 1.165) is 12.8 Å². The third kappa shape index (κ3) is 13.9. The minimum Gasteiger partial charge on any atom is -0.393 e. The molecule has 98 valence electrons. The Morgan fingerprint density at radius 3 is 1.06 bits per heavy atom. The quantitative estimate of drug-likeness (QED) is 0.532. The summed E-state index contributed by atoms with van der Waals surface area (Å²) in [4.78, 5) is 0. The van der Waals surface area contributed by atoms with Gasteiger partial charge in [-0.25, -0.2) is 0 Å². The fourth-order valence-electron chi connectivity index (χ4n) is 1.94. The van der Waals surface area contributed by atoms with Crippen molar-refractivity contribution in [2.24, 2.45) is 0 Å². The molecule has 0 aromatic rings. The Balaban J connectivity index is 2.93. The Kier molecular flexibility index (Phi) is 11.3. The monoisotopic (exact) mass is 230 g/mol. The lowest BCUT2D eigenvalue weighted by molar-refractivity contribution is 0.179. The summed E-state index contributed by atoms with van der Waals surface area (Å²) in [5.41, 5.74) is 0. The van der Waals surface area contributed by atoms with Crippen molar-refractivity contribution in [1.82, 2.24) is 0 Å². The molecular formula is C14H30O2. The van der Waals surface area contributed by atoms with E-state index in [1.165, 1.54) is 51.4 Å². The molecule has 0 spiro atoms. The van der Waals surface area contributed by atoms with Gasteiger partial charge in [-0.1, -0.05) is 51.4 Å². The van der Waals surface area contributed by atoms with Gasteiger partial charge >= 0.3 is 0 Å². The van der Waals surface area contributed by atoms with Crippen LogP contribution in [0.4, 0.5) is 0 Å². The highest BCUT2D eigenvalue weighted by Crippen LogP contribution is 2.11. The van der Waals surface area contributed by atoms with Crippen LogP contribution in [-0.2, 0) is 0 Å². The van der Waals surface area contributed by atoms with Gasteiger partial charge in [0, 0.05) is 0 Å². The molecule has 0 amide bonds. The van der Waals surface area contributed by atoms with Crippen molar-refractivity contribution in [1.29, 1.82) is 0 Å². The van der Waals surface area contributed by atoms with Gasteiger partial charge in [0.05, 0.1) is 12.2 Å². The number of hydrogen-bond acceptors (Lipinski definition) is 2. The summed E-state index contributed by atoms with van der Waals surface area (Å²) in [7, 11) is 0. The second-order valence-electron chi connectivity index (χ2n) is 5.10. The fourth-order valence-corrected chi connectivity index (χ4v) is 1.94. The Bertz CT molecular complexity index is 117. The molecule has 0 heterocycles. The molecule has 0 rings (SSSR count). The smallest absolute Gasteiger partial charge is 0.0512 e. The summed E-state index contributed by atoms with van der Waals surface area (Å²) in [5, 5.41) is 18.2. The van der Waals surface area contributed by atoms with Crippen molar-refractivity contribution in [3.63, 3.8) is 0 Å². The van der Waals surface area contributed by atoms with E-state index in [4.69, 9.17) is 10.2 Å². The van der Waals surface area contributed by atoms with E-state index in [9.17, 15) is 0 Å². The molecule has 2 heteroatoms. The first-order valence-electron chi connectivity index (χ1n) is 6.99. The first-order valence-corrected chi connectivity index (χ1v) is 6.99. The molecule has 0 saturated carbocycles. The second kappa shape index (κ2) is 11.4. The van der Waals surface area contributed by atoms with Gasteiger partial charge in [-0.2, -0.15) is 0 Å². The molecule has 2 N–H and O–H groups in total. The molecule has 2 atom stereocenters. The molecule has 0 aromatic heterocycles. The van der Waals surface area contributed by atoms with Gasteiger partial charge in [0.15, 0.2) is 0 Å². The van der Waals surface area contributed by atoms with Crippen LogP contribution in [0.5, 0.6) is 0 Å². The van der Waals surface area contributed by atoms with Gasteiger partial charge in [0.2, 0.25) is 0 Å². The average Bonchev–Trinajstić information content (AvgIpc) is 2.20. The standard InChI is InChI=1S/C14H30O2/c1-13(15)11-9-7-5-3-4-6-8-10-12-14(2)16/h13-16H,3-12H2,1-2H3. The first-order chi connectivity index (χ1) is 7.63. The summed E-state index contributed by atoms with van der Waals surface area (Å²) in [6.45, 7) is 3.73. The van der Waals surface area contributed by atoms with Crippen LogP contribution in [0.25, 0.3) is 0 Å². The van der Waals surface area contributed by atoms with E-state index in [1.807, 2.05) is 13.8 Å². The average molecular weight is 230 g/mol. The van der Waals surface area contributed by atoms with Crippen LogP contribution >= 0.6 is 0 Å². The predicted molar refractivity (Wildman–Crippen MR) is 69.5 cm³/mol. The zero-order chi connectivity index (χ0) is 12.2. The topological polar surface area (TPSA) is 40.5 Å². The minimum absolute atomic E-state index is 0.125. The van der Waals surface area contributed by atoms with E-state index < -0.39 is 0 Å². The molecule has 0 aromatic carbocycles. The molecule has 0 aliphatic carbocycles. The van der Waals surface area contributed by atoms with E-state index in [-0.39, 0.29) is 12.2 Å². The highest BCUT2D eigenvalue weighted by molar-refractivity contribution is 4.51. The molecule has 2 unspecified atom stereocenters. The van der Waals surface area contributed by atoms with Crippen molar-refractivity contribution in [3.05, 3.63) is 0 Å². The highest BCUT2D eigenvalue weighted by atomic mass is 16.3. The Hall–Kier alpha value is -0.0800. The molecule has 0 saturated heterocycles. The normalized spacial score (nSPS) is 15.0. The van der Waals surface area contributed by atoms with Crippen LogP contribution in [0.2, 0.25) is 0 Å². The summed E-state index contributed by atoms with van der Waals surface area (Å²) in [6, 6.07) is 0. The van der Waals surface area contributed by atoms with Gasteiger partial charge in [-0.15, -0.1) is 0 Å². The lowest BCUT2D eigenvalue weighted by Crippen LogP contribution is -1.98. The summed E-state index contributed by atoms with van der Waals surface area (Å²) < 4.78 is 0. The Labute approximate surface area is 101 Å². The molecule has 0 aliphatic heterocycles. The number of aliphatic hydroxyl groups excluding tert-OH is 2. The fraction of sp³-hybridized carbons (Fsp3) is 1.00. The van der Waals surface area contributed by atoms with Crippen LogP contribution in [0.15, 0.2) is 0 Å². The Morgan fingerprint density at radius 2 is 0.812 bits per heavy atom. The van der Waals surface area contributed by atoms with Gasteiger partial charge in [-0.3, -0.25) is 0 Å². The van der Waals surface area contributed by atoms with Crippen LogP contribution in [0.1, 0.15) is 78.1 Å². The van der Waals surface area contributed by atoms with Gasteiger partial charge < -0.3 is 10.2 Å². The third-order valence-electron chi connectivity index (χ3n) is 2.99. The predicted octanol–water partition coefficient (Wildman–Crippen LogP) is 3.65. The minimum atomic E-state index is -0.125. The number of hydrogen-bond donors (Lipinski definition) is 2. The first kappa shape index (κ1) is 15.9. The van der Waals surface area contributed by atoms with Crippen molar-refractivity contribution in [2.45, 2.75) is 90.3 Å². The van der Waals surface area contributed by atoms with E-state index in [2.05, 4.69) is 0 Å². The van der Waals surface area contributed by atoms with Gasteiger partial charge in [0.25, 0.3) is 0 Å². The molecule has 0 radical (unpaired) electrons. The molecule has 0 bridgehead atoms. The lowest BCUT2D eigenvalue weighted by Gasteiger charge is -2.05. The molecule has 0 fully saturated rings. The van der Waals surface area contributed by atoms with Crippen molar-refractivity contribution < 1.29 is 10.2 Å². The zero-order valence-electron chi connectivity index (χ0n) is 11.1. The molecule has 0 aliphatic rings. The molecule has 16 heavy (non-hydrogen) atoms. The van der Waals surface area contributed by atoms with Crippen molar-refractivity contribution >= 4 is 0 Å². The molecular weight excluding hydrogens is 200 g/mol. The maximum Gasteiger partial charge on any atom is 0.0512 e. The summed E-state index contributed by atoms with van der Waals surface area (Å²) >= 11 is 0. The van der Waals surface area contributed by atoms with Gasteiger partial charge in [0.1, 0.15) is 0 Å². The van der Waals surface area contributed by atoms with Crippen LogP contribution in [-0.4, -0.2) is 22.4 Å². The van der Waals surface area contributed by atoms with E-state index >= 15 is 0 Å². The van der Waals surface area contributed by atoms with Crippen LogP contribution in [0.3, 0.4) is 0 Å². The van der Waals surface area contributed by atoms with E-state index in [0.29, 0.717) is 0 Å². The molecule has 2 nitrogen and oxygen atoms in total. The largest absolute Gasteiger partial charge is 0.393 e. The van der Waals surface area contributed by atoms with E-state index in [1.54, 1.807) is 0 Å². The maximum absolute atomic E-state index is 9.08.